The van der Waals surface area contributed by atoms with Crippen LogP contribution in [0.1, 0.15) is 65.7 Å². The summed E-state index contributed by atoms with van der Waals surface area (Å²) in [4.78, 5) is 15.7. The first kappa shape index (κ1) is 23.6. The molecule has 1 fully saturated rings. The maximum absolute atomic E-state index is 10.9. The number of hydrogen-bond donors (Lipinski definition) is 1. The number of carbonyl (C=O) groups excluding carboxylic acids is 1. The average Bonchev–Trinajstić information content (AvgIpc) is 3.53. The van der Waals surface area contributed by atoms with Crippen LogP contribution in [-0.2, 0) is 4.79 Å². The van der Waals surface area contributed by atoms with Crippen molar-refractivity contribution in [1.82, 2.24) is 10.3 Å². The predicted molar refractivity (Wildman–Crippen MR) is 123 cm³/mol. The largest absolute Gasteiger partial charge is 0.344 e. The van der Waals surface area contributed by atoms with Crippen molar-refractivity contribution in [3.8, 4) is 6.07 Å². The SMILES string of the molecule is C=C1NC(CC/C=C\C(C#N)CCC)=CC(=NC2CC2)N1/N=C\C(C)CC(C)C=O. The van der Waals surface area contributed by atoms with Gasteiger partial charge in [-0.25, -0.2) is 5.01 Å². The van der Waals surface area contributed by atoms with Crippen molar-refractivity contribution in [1.29, 1.82) is 5.26 Å². The fourth-order valence-electron chi connectivity index (χ4n) is 3.27. The highest BCUT2D eigenvalue weighted by Crippen LogP contribution is 2.26. The van der Waals surface area contributed by atoms with Gasteiger partial charge in [0.05, 0.1) is 18.0 Å². The molecule has 0 saturated heterocycles. The van der Waals surface area contributed by atoms with Gasteiger partial charge in [0.25, 0.3) is 0 Å². The zero-order chi connectivity index (χ0) is 21.9. The van der Waals surface area contributed by atoms with Crippen molar-refractivity contribution in [2.75, 3.05) is 0 Å². The fraction of sp³-hybridized carbons (Fsp3) is 0.583. The molecule has 2 rings (SSSR count). The normalized spacial score (nSPS) is 21.4. The van der Waals surface area contributed by atoms with Crippen LogP contribution in [0.5, 0.6) is 0 Å². The number of aldehydes is 1. The molecule has 0 aromatic carbocycles. The van der Waals surface area contributed by atoms with E-state index in [0.29, 0.717) is 11.9 Å². The van der Waals surface area contributed by atoms with Crippen molar-refractivity contribution in [2.45, 2.75) is 71.8 Å². The number of nitrogens with zero attached hydrogens (tertiary/aromatic N) is 4. The summed E-state index contributed by atoms with van der Waals surface area (Å²) < 4.78 is 0. The molecule has 1 aliphatic heterocycles. The van der Waals surface area contributed by atoms with E-state index in [4.69, 9.17) is 10.3 Å². The highest BCUT2D eigenvalue weighted by atomic mass is 16.1. The van der Waals surface area contributed by atoms with E-state index in [1.54, 1.807) is 5.01 Å². The lowest BCUT2D eigenvalue weighted by atomic mass is 10.00. The van der Waals surface area contributed by atoms with E-state index in [1.807, 2.05) is 25.3 Å². The minimum atomic E-state index is -0.000925. The van der Waals surface area contributed by atoms with Crippen LogP contribution < -0.4 is 5.32 Å². The van der Waals surface area contributed by atoms with Gasteiger partial charge in [-0.15, -0.1) is 0 Å². The second-order valence-corrected chi connectivity index (χ2v) is 8.35. The number of aliphatic imine (C=N–C) groups is 1. The van der Waals surface area contributed by atoms with Crippen molar-refractivity contribution >= 4 is 18.3 Å². The number of allylic oxidation sites excluding steroid dienone is 3. The molecule has 30 heavy (non-hydrogen) atoms. The van der Waals surface area contributed by atoms with Gasteiger partial charge in [0.15, 0.2) is 5.84 Å². The highest BCUT2D eigenvalue weighted by molar-refractivity contribution is 5.96. The van der Waals surface area contributed by atoms with Crippen molar-refractivity contribution in [3.05, 3.63) is 36.3 Å². The molecule has 0 aromatic rings. The van der Waals surface area contributed by atoms with Gasteiger partial charge in [-0.05, 0) is 44.4 Å². The predicted octanol–water partition coefficient (Wildman–Crippen LogP) is 4.93. The lowest BCUT2D eigenvalue weighted by Crippen LogP contribution is -2.37. The van der Waals surface area contributed by atoms with Gasteiger partial charge < -0.3 is 10.1 Å². The molecule has 2 aliphatic rings. The summed E-state index contributed by atoms with van der Waals surface area (Å²) >= 11 is 0. The van der Waals surface area contributed by atoms with E-state index in [-0.39, 0.29) is 17.8 Å². The molecule has 0 radical (unpaired) electrons. The van der Waals surface area contributed by atoms with Crippen LogP contribution in [0.2, 0.25) is 0 Å². The third kappa shape index (κ3) is 7.98. The second-order valence-electron chi connectivity index (χ2n) is 8.35. The number of rotatable bonds is 12. The lowest BCUT2D eigenvalue weighted by molar-refractivity contribution is -0.110. The zero-order valence-corrected chi connectivity index (χ0v) is 18.6. The first-order chi connectivity index (χ1) is 14.5. The van der Waals surface area contributed by atoms with E-state index in [0.717, 1.165) is 62.8 Å². The van der Waals surface area contributed by atoms with Crippen LogP contribution >= 0.6 is 0 Å². The van der Waals surface area contributed by atoms with Crippen LogP contribution in [0.25, 0.3) is 0 Å². The molecule has 0 bridgehead atoms. The quantitative estimate of drug-likeness (QED) is 0.281. The Kier molecular flexibility index (Phi) is 9.53. The molecule has 1 saturated carbocycles. The Labute approximate surface area is 181 Å². The van der Waals surface area contributed by atoms with Crippen LogP contribution in [-0.4, -0.2) is 29.4 Å². The second kappa shape index (κ2) is 12.1. The number of hydrazone groups is 1. The Balaban J connectivity index is 2.02. The summed E-state index contributed by atoms with van der Waals surface area (Å²) in [7, 11) is 0. The molecule has 6 nitrogen and oxygen atoms in total. The Bertz CT molecular complexity index is 754. The maximum Gasteiger partial charge on any atom is 0.153 e. The number of hydrogen-bond acceptors (Lipinski definition) is 5. The van der Waals surface area contributed by atoms with Crippen molar-refractivity contribution in [3.63, 3.8) is 0 Å². The van der Waals surface area contributed by atoms with Crippen LogP contribution in [0, 0.1) is 29.1 Å². The standard InChI is InChI=1S/C24H35N5O/c1-5-8-21(15-25)9-6-7-10-23-14-24(28-22-11-12-22)29(20(4)27-23)26-16-18(2)13-19(3)17-30/h6,9,14,16-19,21-22,27H,4-5,7-8,10-13H2,1-3H3/b9-6-,26-16-,28-24?. The summed E-state index contributed by atoms with van der Waals surface area (Å²) in [6.07, 6.45) is 15.6. The maximum atomic E-state index is 10.9. The third-order valence-corrected chi connectivity index (χ3v) is 5.07. The summed E-state index contributed by atoms with van der Waals surface area (Å²) in [5.41, 5.74) is 1.06. The van der Waals surface area contributed by atoms with Gasteiger partial charge in [-0.3, -0.25) is 4.99 Å². The molecule has 1 N–H and O–H groups in total. The monoisotopic (exact) mass is 409 g/mol. The Morgan fingerprint density at radius 1 is 1.40 bits per heavy atom. The molecule has 1 aliphatic carbocycles. The fourth-order valence-corrected chi connectivity index (χ4v) is 3.27. The molecule has 3 atom stereocenters. The number of nitriles is 1. The van der Waals surface area contributed by atoms with Crippen LogP contribution in [0.4, 0.5) is 0 Å². The molecular formula is C24H35N5O. The summed E-state index contributed by atoms with van der Waals surface area (Å²) in [6, 6.07) is 2.71. The minimum Gasteiger partial charge on any atom is -0.344 e. The lowest BCUT2D eigenvalue weighted by Gasteiger charge is -2.28. The van der Waals surface area contributed by atoms with E-state index < -0.39 is 0 Å². The zero-order valence-electron chi connectivity index (χ0n) is 18.6. The summed E-state index contributed by atoms with van der Waals surface area (Å²) in [6.45, 7) is 10.2. The molecule has 1 heterocycles. The van der Waals surface area contributed by atoms with Crippen LogP contribution in [0.15, 0.2) is 46.4 Å². The van der Waals surface area contributed by atoms with E-state index in [1.165, 1.54) is 0 Å². The van der Waals surface area contributed by atoms with Crippen LogP contribution in [0.3, 0.4) is 0 Å². The molecule has 0 spiro atoms. The number of amidine groups is 1. The summed E-state index contributed by atoms with van der Waals surface area (Å²) in [5, 5.41) is 18.9. The molecule has 0 amide bonds. The Morgan fingerprint density at radius 2 is 2.17 bits per heavy atom. The van der Waals surface area contributed by atoms with Gasteiger partial charge in [-0.1, -0.05) is 45.9 Å². The Morgan fingerprint density at radius 3 is 2.80 bits per heavy atom. The average molecular weight is 410 g/mol. The topological polar surface area (TPSA) is 80.8 Å². The molecule has 162 valence electrons. The molecule has 3 unspecified atom stereocenters. The van der Waals surface area contributed by atoms with E-state index >= 15 is 0 Å². The molecule has 6 heteroatoms. The van der Waals surface area contributed by atoms with E-state index in [9.17, 15) is 4.79 Å². The highest BCUT2D eigenvalue weighted by Gasteiger charge is 2.25. The first-order valence-corrected chi connectivity index (χ1v) is 11.1. The Hall–Kier alpha value is -2.68. The van der Waals surface area contributed by atoms with Crippen molar-refractivity contribution < 1.29 is 4.79 Å². The van der Waals surface area contributed by atoms with Gasteiger partial charge in [-0.2, -0.15) is 10.4 Å². The van der Waals surface area contributed by atoms with E-state index in [2.05, 4.69) is 43.0 Å². The van der Waals surface area contributed by atoms with Gasteiger partial charge >= 0.3 is 0 Å². The summed E-state index contributed by atoms with van der Waals surface area (Å²) in [5.74, 6) is 1.70. The van der Waals surface area contributed by atoms with Crippen molar-refractivity contribution in [2.24, 2.45) is 27.8 Å². The minimum absolute atomic E-state index is 0.000925. The van der Waals surface area contributed by atoms with Gasteiger partial charge in [0.1, 0.15) is 12.1 Å². The first-order valence-electron chi connectivity index (χ1n) is 11.1. The van der Waals surface area contributed by atoms with Gasteiger partial charge in [0, 0.05) is 23.9 Å². The smallest absolute Gasteiger partial charge is 0.153 e. The third-order valence-electron chi connectivity index (χ3n) is 5.07. The molecular weight excluding hydrogens is 374 g/mol. The molecule has 0 aromatic heterocycles. The van der Waals surface area contributed by atoms with Gasteiger partial charge in [0.2, 0.25) is 0 Å². The number of nitrogens with one attached hydrogen (secondary N) is 1. The number of carbonyl (C=O) groups is 1.